The summed E-state index contributed by atoms with van der Waals surface area (Å²) < 4.78 is 5.49. The Hall–Kier alpha value is -2.18. The van der Waals surface area contributed by atoms with Crippen molar-refractivity contribution in [2.75, 3.05) is 13.2 Å². The molecule has 0 aromatic heterocycles. The molecule has 2 unspecified atom stereocenters. The average molecular weight is 1250 g/mol. The van der Waals surface area contributed by atoms with Crippen molar-refractivity contribution < 1.29 is 24.5 Å². The van der Waals surface area contributed by atoms with E-state index in [1.807, 2.05) is 6.08 Å². The Kier molecular flexibility index (Phi) is 76.3. The number of amides is 1. The first-order valence-electron chi connectivity index (χ1n) is 40.4. The van der Waals surface area contributed by atoms with Crippen LogP contribution in [-0.4, -0.2) is 47.4 Å². The van der Waals surface area contributed by atoms with Crippen LogP contribution in [0.1, 0.15) is 444 Å². The fourth-order valence-electron chi connectivity index (χ4n) is 12.7. The Bertz CT molecular complexity index is 1490. The van der Waals surface area contributed by atoms with E-state index in [1.54, 1.807) is 6.08 Å². The third kappa shape index (κ3) is 74.7. The van der Waals surface area contributed by atoms with E-state index in [0.29, 0.717) is 19.4 Å². The van der Waals surface area contributed by atoms with E-state index < -0.39 is 12.1 Å². The highest BCUT2D eigenvalue weighted by Crippen LogP contribution is 2.19. The molecule has 0 saturated carbocycles. The molecule has 0 aliphatic rings. The van der Waals surface area contributed by atoms with Crippen LogP contribution >= 0.6 is 0 Å². The second-order valence-corrected chi connectivity index (χ2v) is 27.7. The summed E-state index contributed by atoms with van der Waals surface area (Å²) in [6.45, 7) is 4.93. The van der Waals surface area contributed by atoms with E-state index in [4.69, 9.17) is 4.74 Å². The quantitative estimate of drug-likeness (QED) is 0.0320. The third-order valence-corrected chi connectivity index (χ3v) is 18.8. The number of nitrogens with one attached hydrogen (secondary N) is 1. The lowest BCUT2D eigenvalue weighted by atomic mass is 10.0. The molecule has 0 heterocycles. The Morgan fingerprint density at radius 2 is 0.562 bits per heavy atom. The second kappa shape index (κ2) is 78.3. The van der Waals surface area contributed by atoms with Crippen LogP contribution in [0.5, 0.6) is 0 Å². The highest BCUT2D eigenvalue weighted by Gasteiger charge is 2.18. The third-order valence-electron chi connectivity index (χ3n) is 18.8. The predicted molar refractivity (Wildman–Crippen MR) is 393 cm³/mol. The number of aliphatic hydroxyl groups excluding tert-OH is 2. The molecule has 0 aliphatic heterocycles. The molecule has 0 aromatic rings. The van der Waals surface area contributed by atoms with Crippen LogP contribution in [-0.2, 0) is 14.3 Å². The molecule has 0 rings (SSSR count). The number of esters is 1. The van der Waals surface area contributed by atoms with E-state index in [0.717, 1.165) is 51.4 Å². The van der Waals surface area contributed by atoms with Gasteiger partial charge in [0.05, 0.1) is 25.4 Å². The number of unbranched alkanes of at least 4 members (excludes halogenated alkanes) is 59. The van der Waals surface area contributed by atoms with Gasteiger partial charge in [0.1, 0.15) is 0 Å². The van der Waals surface area contributed by atoms with Crippen molar-refractivity contribution in [2.45, 2.75) is 456 Å². The predicted octanol–water partition coefficient (Wildman–Crippen LogP) is 26.8. The molecule has 3 N–H and O–H groups in total. The van der Waals surface area contributed by atoms with Gasteiger partial charge in [0, 0.05) is 12.8 Å². The second-order valence-electron chi connectivity index (χ2n) is 27.7. The monoisotopic (exact) mass is 1250 g/mol. The number of aliphatic hydroxyl groups is 2. The summed E-state index contributed by atoms with van der Waals surface area (Å²) in [5.41, 5.74) is 0. The molecule has 6 nitrogen and oxygen atoms in total. The molecule has 0 saturated heterocycles. The van der Waals surface area contributed by atoms with Crippen molar-refractivity contribution in [3.8, 4) is 0 Å². The van der Waals surface area contributed by atoms with Crippen LogP contribution in [0.15, 0.2) is 48.6 Å². The molecule has 89 heavy (non-hydrogen) atoms. The van der Waals surface area contributed by atoms with Crippen molar-refractivity contribution in [3.63, 3.8) is 0 Å². The minimum Gasteiger partial charge on any atom is -0.466 e. The maximum Gasteiger partial charge on any atom is 0.305 e. The number of carbonyl (C=O) groups is 2. The summed E-state index contributed by atoms with van der Waals surface area (Å²) in [4.78, 5) is 24.6. The smallest absolute Gasteiger partial charge is 0.305 e. The van der Waals surface area contributed by atoms with E-state index in [2.05, 4.69) is 55.6 Å². The van der Waals surface area contributed by atoms with Gasteiger partial charge in [-0.2, -0.15) is 0 Å². The lowest BCUT2D eigenvalue weighted by Gasteiger charge is -2.20. The molecule has 0 spiro atoms. The number of carbonyl (C=O) groups excluding carboxylic acids is 2. The van der Waals surface area contributed by atoms with Crippen molar-refractivity contribution in [3.05, 3.63) is 48.6 Å². The average Bonchev–Trinajstić information content (AvgIpc) is 3.64. The Labute approximate surface area is 556 Å². The van der Waals surface area contributed by atoms with E-state index in [9.17, 15) is 19.8 Å². The fourth-order valence-corrected chi connectivity index (χ4v) is 12.7. The summed E-state index contributed by atoms with van der Waals surface area (Å²) in [7, 11) is 0. The van der Waals surface area contributed by atoms with Crippen LogP contribution in [0.3, 0.4) is 0 Å². The fraction of sp³-hybridized carbons (Fsp3) is 0.880. The zero-order valence-electron chi connectivity index (χ0n) is 60.2. The minimum absolute atomic E-state index is 0.00845. The van der Waals surface area contributed by atoms with Gasteiger partial charge in [-0.25, -0.2) is 0 Å². The minimum atomic E-state index is -0.845. The van der Waals surface area contributed by atoms with Gasteiger partial charge in [0.15, 0.2) is 0 Å². The van der Waals surface area contributed by atoms with E-state index in [1.165, 1.54) is 366 Å². The molecule has 2 atom stereocenters. The lowest BCUT2D eigenvalue weighted by Crippen LogP contribution is -2.45. The highest BCUT2D eigenvalue weighted by molar-refractivity contribution is 5.76. The molecule has 1 amide bonds. The van der Waals surface area contributed by atoms with E-state index in [-0.39, 0.29) is 18.5 Å². The maximum absolute atomic E-state index is 12.6. The van der Waals surface area contributed by atoms with Gasteiger partial charge in [-0.3, -0.25) is 9.59 Å². The van der Waals surface area contributed by atoms with Crippen molar-refractivity contribution in [1.29, 1.82) is 0 Å². The Morgan fingerprint density at radius 3 is 0.865 bits per heavy atom. The van der Waals surface area contributed by atoms with Gasteiger partial charge >= 0.3 is 5.97 Å². The van der Waals surface area contributed by atoms with Crippen molar-refractivity contribution in [1.82, 2.24) is 5.32 Å². The van der Waals surface area contributed by atoms with Crippen LogP contribution in [0.2, 0.25) is 0 Å². The Balaban J connectivity index is 3.40. The lowest BCUT2D eigenvalue weighted by molar-refractivity contribution is -0.143. The van der Waals surface area contributed by atoms with Crippen LogP contribution in [0.4, 0.5) is 0 Å². The standard InChI is InChI=1S/C83H157NO5/c1-3-5-7-9-11-13-15-17-19-20-21-22-36-39-42-45-48-51-55-59-63-67-71-75-81(86)80(79-85)84-82(87)76-72-68-64-60-56-52-49-46-43-40-37-34-32-30-28-26-24-23-25-27-29-31-33-35-38-41-44-47-50-54-58-62-66-70-74-78-89-83(88)77-73-69-65-61-57-53-18-16-14-12-10-8-6-4-2/h16,18,25,27,31,33,71,75,80-81,85-86H,3-15,17,19-24,26,28-30,32,34-70,72-74,76-79H2,1-2H3,(H,84,87)/b18-16-,27-25-,33-31-,75-71+. The zero-order chi connectivity index (χ0) is 64.2. The van der Waals surface area contributed by atoms with Crippen LogP contribution in [0, 0.1) is 0 Å². The van der Waals surface area contributed by atoms with Crippen LogP contribution in [0.25, 0.3) is 0 Å². The first-order chi connectivity index (χ1) is 44.0. The first-order valence-corrected chi connectivity index (χ1v) is 40.4. The largest absolute Gasteiger partial charge is 0.466 e. The maximum atomic E-state index is 12.6. The summed E-state index contributed by atoms with van der Waals surface area (Å²) in [6.07, 6.45) is 104. The molecule has 524 valence electrons. The first kappa shape index (κ1) is 86.8. The molecular formula is C83H157NO5. The van der Waals surface area contributed by atoms with Crippen molar-refractivity contribution in [2.24, 2.45) is 0 Å². The molecule has 0 radical (unpaired) electrons. The van der Waals surface area contributed by atoms with Gasteiger partial charge in [0.25, 0.3) is 0 Å². The summed E-state index contributed by atoms with van der Waals surface area (Å²) in [5, 5.41) is 23.3. The number of rotatable bonds is 76. The number of hydrogen-bond donors (Lipinski definition) is 3. The normalized spacial score (nSPS) is 12.7. The zero-order valence-corrected chi connectivity index (χ0v) is 60.2. The van der Waals surface area contributed by atoms with Crippen LogP contribution < -0.4 is 5.32 Å². The van der Waals surface area contributed by atoms with Crippen molar-refractivity contribution >= 4 is 11.9 Å². The molecule has 0 fully saturated rings. The van der Waals surface area contributed by atoms with Gasteiger partial charge in [-0.1, -0.05) is 390 Å². The molecule has 0 bridgehead atoms. The van der Waals surface area contributed by atoms with Gasteiger partial charge in [-0.15, -0.1) is 0 Å². The molecule has 0 aliphatic carbocycles. The molecule has 0 aromatic carbocycles. The van der Waals surface area contributed by atoms with E-state index >= 15 is 0 Å². The van der Waals surface area contributed by atoms with Gasteiger partial charge in [-0.05, 0) is 89.9 Å². The number of ether oxygens (including phenoxy) is 1. The number of allylic oxidation sites excluding steroid dienone is 7. The summed E-state index contributed by atoms with van der Waals surface area (Å²) in [5.74, 6) is -0.0526. The SMILES string of the molecule is CCCCCCC/C=C\CCCCCCCC(=O)OCCCCCCCCCCCCC/C=C\C/C=C\CCCCCCCCCCCCCCCCCCCC(=O)NC(CO)C(O)/C=C/CCCCCCCCCCCCCCCCCCCCCCC. The topological polar surface area (TPSA) is 95.9 Å². The number of hydrogen-bond acceptors (Lipinski definition) is 5. The summed E-state index contributed by atoms with van der Waals surface area (Å²) in [6, 6.07) is -0.628. The molecular weight excluding hydrogens is 1090 g/mol. The van der Waals surface area contributed by atoms with Gasteiger partial charge in [0.2, 0.25) is 5.91 Å². The highest BCUT2D eigenvalue weighted by atomic mass is 16.5. The summed E-state index contributed by atoms with van der Waals surface area (Å²) >= 11 is 0. The molecule has 6 heteroatoms. The Morgan fingerprint density at radius 1 is 0.315 bits per heavy atom. The van der Waals surface area contributed by atoms with Gasteiger partial charge < -0.3 is 20.3 Å².